The lowest BCUT2D eigenvalue weighted by atomic mass is 9.96. The summed E-state index contributed by atoms with van der Waals surface area (Å²) in [5.74, 6) is -6.68. The fourth-order valence-electron chi connectivity index (χ4n) is 4.12. The molecule has 0 aromatic heterocycles. The van der Waals surface area contributed by atoms with Crippen LogP contribution in [0.25, 0.3) is 0 Å². The van der Waals surface area contributed by atoms with Crippen molar-refractivity contribution in [1.29, 1.82) is 0 Å². The molecule has 0 aliphatic carbocycles. The molecule has 0 radical (unpaired) electrons. The van der Waals surface area contributed by atoms with E-state index in [2.05, 4.69) is 12.2 Å². The van der Waals surface area contributed by atoms with Crippen molar-refractivity contribution in [3.63, 3.8) is 0 Å². The topological polar surface area (TPSA) is 98.8 Å². The minimum absolute atomic E-state index is 0.0123. The predicted octanol–water partition coefficient (Wildman–Crippen LogP) is 7.22. The Labute approximate surface area is 235 Å². The first-order chi connectivity index (χ1) is 18.7. The molecule has 2 atom stereocenters. The van der Waals surface area contributed by atoms with E-state index in [0.29, 0.717) is 6.42 Å². The van der Waals surface area contributed by atoms with Crippen molar-refractivity contribution in [2.75, 3.05) is 11.9 Å². The Morgan fingerprint density at radius 3 is 1.80 bits per heavy atom. The number of anilines is 1. The van der Waals surface area contributed by atoms with E-state index in [9.17, 15) is 32.3 Å². The lowest BCUT2D eigenvalue weighted by Gasteiger charge is -2.23. The number of unbranched alkanes of at least 4 members (excludes halogenated alkanes) is 8. The van der Waals surface area contributed by atoms with E-state index in [1.54, 1.807) is 20.8 Å². The van der Waals surface area contributed by atoms with Crippen LogP contribution in [0.2, 0.25) is 0 Å². The Morgan fingerprint density at radius 2 is 1.32 bits per heavy atom. The van der Waals surface area contributed by atoms with Gasteiger partial charge >= 0.3 is 18.1 Å². The molecule has 226 valence electrons. The highest BCUT2D eigenvalue weighted by Crippen LogP contribution is 2.25. The van der Waals surface area contributed by atoms with Crippen LogP contribution < -0.4 is 5.32 Å². The fourth-order valence-corrected chi connectivity index (χ4v) is 4.12. The molecule has 0 saturated carbocycles. The first-order valence-electron chi connectivity index (χ1n) is 14.1. The van der Waals surface area contributed by atoms with Crippen LogP contribution in [0.15, 0.2) is 24.3 Å². The van der Waals surface area contributed by atoms with Crippen LogP contribution in [-0.2, 0) is 23.9 Å². The SMILES string of the molecule is CCCCCCCCCCCC(Nc1ccc(C(=O)C(C(=O)OCC)C(=O)OC(C)(C)C)cc1)C(=O)C(F)(F)F. The molecule has 0 saturated heterocycles. The minimum atomic E-state index is -4.99. The quantitative estimate of drug-likeness (QED) is 0.0859. The van der Waals surface area contributed by atoms with Gasteiger partial charge in [-0.15, -0.1) is 0 Å². The normalized spacial score (nSPS) is 13.3. The Hall–Kier alpha value is -2.91. The largest absolute Gasteiger partial charge is 0.465 e. The Morgan fingerprint density at radius 1 is 0.800 bits per heavy atom. The summed E-state index contributed by atoms with van der Waals surface area (Å²) in [7, 11) is 0. The maximum Gasteiger partial charge on any atom is 0.452 e. The van der Waals surface area contributed by atoms with Gasteiger partial charge in [-0.2, -0.15) is 13.2 Å². The number of rotatable bonds is 18. The molecule has 1 N–H and O–H groups in total. The van der Waals surface area contributed by atoms with Gasteiger partial charge in [0.2, 0.25) is 5.92 Å². The highest BCUT2D eigenvalue weighted by atomic mass is 19.4. The summed E-state index contributed by atoms with van der Waals surface area (Å²) >= 11 is 0. The van der Waals surface area contributed by atoms with Gasteiger partial charge in [-0.05, 0) is 58.4 Å². The standard InChI is InChI=1S/C30H44F3NO6/c1-6-8-9-10-11-12-13-14-15-16-23(26(36)30(31,32)33)34-22-19-17-21(18-20-22)25(35)24(27(37)39-7-2)28(38)40-29(3,4)5/h17-20,23-24,34H,6-16H2,1-5H3. The van der Waals surface area contributed by atoms with Crippen molar-refractivity contribution in [1.82, 2.24) is 0 Å². The summed E-state index contributed by atoms with van der Waals surface area (Å²) in [6.45, 7) is 8.39. The number of ether oxygens (including phenoxy) is 2. The van der Waals surface area contributed by atoms with Crippen LogP contribution >= 0.6 is 0 Å². The molecular formula is C30H44F3NO6. The monoisotopic (exact) mass is 571 g/mol. The molecule has 40 heavy (non-hydrogen) atoms. The van der Waals surface area contributed by atoms with E-state index < -0.39 is 47.2 Å². The van der Waals surface area contributed by atoms with Crippen molar-refractivity contribution in [3.05, 3.63) is 29.8 Å². The summed E-state index contributed by atoms with van der Waals surface area (Å²) < 4.78 is 49.8. The number of ketones is 2. The molecule has 0 heterocycles. The van der Waals surface area contributed by atoms with E-state index in [1.165, 1.54) is 50.5 Å². The highest BCUT2D eigenvalue weighted by Gasteiger charge is 2.43. The number of esters is 2. The van der Waals surface area contributed by atoms with Gasteiger partial charge in [-0.3, -0.25) is 19.2 Å². The molecule has 2 unspecified atom stereocenters. The van der Waals surface area contributed by atoms with Crippen LogP contribution in [0.1, 0.15) is 109 Å². The van der Waals surface area contributed by atoms with Crippen molar-refractivity contribution < 1.29 is 41.8 Å². The molecule has 0 spiro atoms. The second-order valence-corrected chi connectivity index (χ2v) is 10.8. The van der Waals surface area contributed by atoms with Gasteiger partial charge in [-0.25, -0.2) is 0 Å². The molecule has 0 aliphatic rings. The van der Waals surface area contributed by atoms with Gasteiger partial charge in [0.15, 0.2) is 5.78 Å². The summed E-state index contributed by atoms with van der Waals surface area (Å²) in [5, 5.41) is 2.64. The van der Waals surface area contributed by atoms with Gasteiger partial charge < -0.3 is 14.8 Å². The third-order valence-electron chi connectivity index (χ3n) is 6.13. The smallest absolute Gasteiger partial charge is 0.452 e. The van der Waals surface area contributed by atoms with Crippen LogP contribution in [0.5, 0.6) is 0 Å². The summed E-state index contributed by atoms with van der Waals surface area (Å²) in [5.41, 5.74) is -0.794. The van der Waals surface area contributed by atoms with E-state index in [-0.39, 0.29) is 24.3 Å². The number of hydrogen-bond acceptors (Lipinski definition) is 7. The third-order valence-corrected chi connectivity index (χ3v) is 6.13. The molecular weight excluding hydrogens is 527 g/mol. The van der Waals surface area contributed by atoms with Crippen molar-refractivity contribution in [2.45, 2.75) is 117 Å². The summed E-state index contributed by atoms with van der Waals surface area (Å²) in [6, 6.07) is 3.74. The number of Topliss-reactive ketones (excluding diaryl/α,β-unsaturated/α-hetero) is 2. The lowest BCUT2D eigenvalue weighted by molar-refractivity contribution is -0.172. The van der Waals surface area contributed by atoms with E-state index in [4.69, 9.17) is 9.47 Å². The average molecular weight is 572 g/mol. The zero-order valence-electron chi connectivity index (χ0n) is 24.3. The highest BCUT2D eigenvalue weighted by molar-refractivity contribution is 6.20. The number of halogens is 3. The number of benzene rings is 1. The van der Waals surface area contributed by atoms with E-state index in [1.807, 2.05) is 0 Å². The maximum absolute atomic E-state index is 13.2. The second-order valence-electron chi connectivity index (χ2n) is 10.8. The molecule has 7 nitrogen and oxygen atoms in total. The lowest BCUT2D eigenvalue weighted by Crippen LogP contribution is -2.39. The fraction of sp³-hybridized carbons (Fsp3) is 0.667. The molecule has 0 bridgehead atoms. The Kier molecular flexibility index (Phi) is 14.9. The van der Waals surface area contributed by atoms with Crippen LogP contribution in [0, 0.1) is 5.92 Å². The third kappa shape index (κ3) is 13.0. The minimum Gasteiger partial charge on any atom is -0.465 e. The predicted molar refractivity (Wildman–Crippen MR) is 147 cm³/mol. The maximum atomic E-state index is 13.2. The number of nitrogens with one attached hydrogen (secondary N) is 1. The molecule has 10 heteroatoms. The van der Waals surface area contributed by atoms with Crippen LogP contribution in [0.4, 0.5) is 18.9 Å². The average Bonchev–Trinajstić information content (AvgIpc) is 2.85. The molecule has 1 rings (SSSR count). The molecule has 0 amide bonds. The molecule has 1 aromatic rings. The Bertz CT molecular complexity index is 954. The summed E-state index contributed by atoms with van der Waals surface area (Å²) in [4.78, 5) is 50.1. The Balaban J connectivity index is 2.90. The number of carbonyl (C=O) groups excluding carboxylic acids is 4. The zero-order valence-corrected chi connectivity index (χ0v) is 24.3. The number of hydrogen-bond donors (Lipinski definition) is 1. The van der Waals surface area contributed by atoms with Crippen LogP contribution in [0.3, 0.4) is 0 Å². The first-order valence-corrected chi connectivity index (χ1v) is 14.1. The summed E-state index contributed by atoms with van der Waals surface area (Å²) in [6.07, 6.45) is 3.94. The van der Waals surface area contributed by atoms with Crippen molar-refractivity contribution in [2.24, 2.45) is 5.92 Å². The van der Waals surface area contributed by atoms with E-state index >= 15 is 0 Å². The molecule has 0 aliphatic heterocycles. The van der Waals surface area contributed by atoms with Crippen molar-refractivity contribution in [3.8, 4) is 0 Å². The zero-order chi connectivity index (χ0) is 30.3. The van der Waals surface area contributed by atoms with Gasteiger partial charge in [0, 0.05) is 11.3 Å². The van der Waals surface area contributed by atoms with Gasteiger partial charge in [-0.1, -0.05) is 64.7 Å². The van der Waals surface area contributed by atoms with Crippen LogP contribution in [-0.4, -0.2) is 47.9 Å². The first kappa shape index (κ1) is 35.1. The van der Waals surface area contributed by atoms with Gasteiger partial charge in [0.25, 0.3) is 5.78 Å². The molecule has 0 fully saturated rings. The van der Waals surface area contributed by atoms with Crippen molar-refractivity contribution >= 4 is 29.2 Å². The number of carbonyl (C=O) groups is 4. The molecule has 1 aromatic carbocycles. The van der Waals surface area contributed by atoms with E-state index in [0.717, 1.165) is 32.1 Å². The van der Waals surface area contributed by atoms with Gasteiger partial charge in [0.05, 0.1) is 12.6 Å². The number of alkyl halides is 3. The van der Waals surface area contributed by atoms with Gasteiger partial charge in [0.1, 0.15) is 5.60 Å². The second kappa shape index (κ2) is 17.0.